The van der Waals surface area contributed by atoms with Crippen molar-refractivity contribution in [3.63, 3.8) is 0 Å². The van der Waals surface area contributed by atoms with E-state index in [0.717, 1.165) is 12.1 Å². The Hall–Kier alpha value is -0.670. The molecule has 0 radical (unpaired) electrons. The average Bonchev–Trinajstić information content (AvgIpc) is 2.89. The summed E-state index contributed by atoms with van der Waals surface area (Å²) in [5.41, 5.74) is 1.68. The molecule has 1 fully saturated rings. The number of rotatable bonds is 4. The largest absolute Gasteiger partial charge is 0.351 e. The Morgan fingerprint density at radius 2 is 2.41 bits per heavy atom. The fourth-order valence-electron chi connectivity index (χ4n) is 1.91. The summed E-state index contributed by atoms with van der Waals surface area (Å²) in [4.78, 5) is 11.9. The molecule has 0 spiro atoms. The number of hydrogen-bond acceptors (Lipinski definition) is 2. The summed E-state index contributed by atoms with van der Waals surface area (Å²) in [5, 5.41) is 3.58. The summed E-state index contributed by atoms with van der Waals surface area (Å²) in [5.74, 6) is 1.67. The van der Waals surface area contributed by atoms with E-state index in [2.05, 4.69) is 5.32 Å². The molecule has 0 bridgehead atoms. The van der Waals surface area contributed by atoms with Crippen molar-refractivity contribution >= 4 is 29.3 Å². The molecule has 1 aliphatic heterocycles. The van der Waals surface area contributed by atoms with Crippen LogP contribution in [0.2, 0.25) is 0 Å². The van der Waals surface area contributed by atoms with Crippen LogP contribution in [0.5, 0.6) is 0 Å². The Morgan fingerprint density at radius 1 is 1.53 bits per heavy atom. The van der Waals surface area contributed by atoms with Gasteiger partial charge in [0.05, 0.1) is 0 Å². The van der Waals surface area contributed by atoms with Crippen LogP contribution in [0.1, 0.15) is 28.8 Å². The molecule has 2 rings (SSSR count). The fourth-order valence-corrected chi connectivity index (χ4v) is 3.28. The van der Waals surface area contributed by atoms with Crippen molar-refractivity contribution in [1.29, 1.82) is 0 Å². The lowest BCUT2D eigenvalue weighted by Gasteiger charge is -2.10. The third-order valence-electron chi connectivity index (χ3n) is 2.86. The molecule has 17 heavy (non-hydrogen) atoms. The highest BCUT2D eigenvalue weighted by molar-refractivity contribution is 8.00. The van der Waals surface area contributed by atoms with Crippen molar-refractivity contribution in [3.05, 3.63) is 35.4 Å². The fraction of sp³-hybridized carbons (Fsp3) is 0.462. The Balaban J connectivity index is 1.89. The molecule has 92 valence electrons. The van der Waals surface area contributed by atoms with Crippen LogP contribution in [0.15, 0.2) is 24.3 Å². The first-order valence-corrected chi connectivity index (χ1v) is 7.42. The second kappa shape index (κ2) is 6.31. The van der Waals surface area contributed by atoms with Crippen molar-refractivity contribution in [3.8, 4) is 0 Å². The van der Waals surface area contributed by atoms with Gasteiger partial charge in [0.25, 0.3) is 5.91 Å². The molecule has 1 atom stereocenters. The molecule has 2 nitrogen and oxygen atoms in total. The molecule has 1 heterocycles. The lowest BCUT2D eigenvalue weighted by molar-refractivity contribution is 0.0953. The van der Waals surface area contributed by atoms with Gasteiger partial charge in [0.1, 0.15) is 0 Å². The molecule has 1 aromatic carbocycles. The lowest BCUT2D eigenvalue weighted by atomic mass is 10.1. The first-order valence-electron chi connectivity index (χ1n) is 5.84. The minimum absolute atomic E-state index is 0.00414. The number of nitrogens with one attached hydrogen (secondary N) is 1. The summed E-state index contributed by atoms with van der Waals surface area (Å²) in [7, 11) is 0. The van der Waals surface area contributed by atoms with Crippen molar-refractivity contribution in [2.24, 2.45) is 0 Å². The third-order valence-corrected chi connectivity index (χ3v) is 4.56. The van der Waals surface area contributed by atoms with Gasteiger partial charge in [-0.15, -0.1) is 11.6 Å². The smallest absolute Gasteiger partial charge is 0.251 e. The summed E-state index contributed by atoms with van der Waals surface area (Å²) in [6.45, 7) is 0.772. The normalized spacial score (nSPS) is 19.2. The van der Waals surface area contributed by atoms with Gasteiger partial charge in [-0.25, -0.2) is 0 Å². The maximum Gasteiger partial charge on any atom is 0.251 e. The van der Waals surface area contributed by atoms with Crippen LogP contribution in [0, 0.1) is 0 Å². The van der Waals surface area contributed by atoms with Crippen LogP contribution in [0.25, 0.3) is 0 Å². The van der Waals surface area contributed by atoms with Gasteiger partial charge in [0.2, 0.25) is 0 Å². The molecule has 1 N–H and O–H groups in total. The molecule has 1 aromatic rings. The monoisotopic (exact) mass is 269 g/mol. The van der Waals surface area contributed by atoms with Crippen molar-refractivity contribution in [2.75, 3.05) is 12.3 Å². The third kappa shape index (κ3) is 3.65. The van der Waals surface area contributed by atoms with Crippen LogP contribution in [-0.4, -0.2) is 23.5 Å². The molecule has 1 aliphatic rings. The van der Waals surface area contributed by atoms with Crippen molar-refractivity contribution in [2.45, 2.75) is 24.0 Å². The summed E-state index contributed by atoms with van der Waals surface area (Å²) >= 11 is 7.70. The second-order valence-electron chi connectivity index (χ2n) is 4.18. The van der Waals surface area contributed by atoms with E-state index in [-0.39, 0.29) is 5.91 Å². The van der Waals surface area contributed by atoms with Gasteiger partial charge in [-0.1, -0.05) is 12.1 Å². The predicted molar refractivity (Wildman–Crippen MR) is 73.8 cm³/mol. The van der Waals surface area contributed by atoms with Crippen molar-refractivity contribution < 1.29 is 4.79 Å². The minimum Gasteiger partial charge on any atom is -0.351 e. The van der Waals surface area contributed by atoms with Gasteiger partial charge in [-0.05, 0) is 36.3 Å². The molecule has 1 amide bonds. The number of thioether (sulfide) groups is 1. The molecule has 0 aromatic heterocycles. The number of carbonyl (C=O) groups is 1. The topological polar surface area (TPSA) is 29.1 Å². The Bertz CT molecular complexity index is 391. The van der Waals surface area contributed by atoms with E-state index in [1.165, 1.54) is 18.6 Å². The number of amides is 1. The quantitative estimate of drug-likeness (QED) is 0.852. The van der Waals surface area contributed by atoms with E-state index in [1.807, 2.05) is 36.0 Å². The van der Waals surface area contributed by atoms with Crippen LogP contribution in [0.3, 0.4) is 0 Å². The van der Waals surface area contributed by atoms with Gasteiger partial charge in [0.15, 0.2) is 0 Å². The summed E-state index contributed by atoms with van der Waals surface area (Å²) < 4.78 is 0. The maximum atomic E-state index is 11.9. The highest BCUT2D eigenvalue weighted by atomic mass is 35.5. The summed E-state index contributed by atoms with van der Waals surface area (Å²) in [6.07, 6.45) is 2.49. The zero-order valence-electron chi connectivity index (χ0n) is 9.62. The highest BCUT2D eigenvalue weighted by Crippen LogP contribution is 2.25. The highest BCUT2D eigenvalue weighted by Gasteiger charge is 2.16. The Morgan fingerprint density at radius 3 is 3.12 bits per heavy atom. The van der Waals surface area contributed by atoms with E-state index in [1.54, 1.807) is 0 Å². The average molecular weight is 270 g/mol. The summed E-state index contributed by atoms with van der Waals surface area (Å²) in [6, 6.07) is 7.48. The van der Waals surface area contributed by atoms with Gasteiger partial charge in [0, 0.05) is 23.2 Å². The predicted octanol–water partition coefficient (Wildman–Crippen LogP) is 3.05. The van der Waals surface area contributed by atoms with Gasteiger partial charge < -0.3 is 5.32 Å². The standard InChI is InChI=1S/C13H16ClNOS/c14-8-10-3-1-4-11(7-10)13(16)15-9-12-5-2-6-17-12/h1,3-4,7,12H,2,5-6,8-9H2,(H,15,16). The SMILES string of the molecule is O=C(NCC1CCCS1)c1cccc(CCl)c1. The Labute approximate surface area is 111 Å². The van der Waals surface area contributed by atoms with Crippen molar-refractivity contribution in [1.82, 2.24) is 5.32 Å². The molecule has 4 heteroatoms. The number of alkyl halides is 1. The van der Waals surface area contributed by atoms with Crippen LogP contribution in [-0.2, 0) is 5.88 Å². The molecular formula is C13H16ClNOS. The number of carbonyl (C=O) groups excluding carboxylic acids is 1. The second-order valence-corrected chi connectivity index (χ2v) is 5.85. The van der Waals surface area contributed by atoms with Crippen LogP contribution >= 0.6 is 23.4 Å². The molecular weight excluding hydrogens is 254 g/mol. The zero-order chi connectivity index (χ0) is 12.1. The Kier molecular flexibility index (Phi) is 4.75. The minimum atomic E-state index is 0.00414. The molecule has 1 unspecified atom stereocenters. The van der Waals surface area contributed by atoms with Crippen LogP contribution in [0.4, 0.5) is 0 Å². The van der Waals surface area contributed by atoms with Gasteiger partial charge in [-0.2, -0.15) is 11.8 Å². The van der Waals surface area contributed by atoms with E-state index < -0.39 is 0 Å². The van der Waals surface area contributed by atoms with Gasteiger partial charge >= 0.3 is 0 Å². The number of halogens is 1. The maximum absolute atomic E-state index is 11.9. The van der Waals surface area contributed by atoms with E-state index in [4.69, 9.17) is 11.6 Å². The first kappa shape index (κ1) is 12.8. The number of benzene rings is 1. The van der Waals surface area contributed by atoms with E-state index in [0.29, 0.717) is 16.7 Å². The molecule has 1 saturated heterocycles. The van der Waals surface area contributed by atoms with Gasteiger partial charge in [-0.3, -0.25) is 4.79 Å². The van der Waals surface area contributed by atoms with E-state index in [9.17, 15) is 4.79 Å². The van der Waals surface area contributed by atoms with Crippen LogP contribution < -0.4 is 5.32 Å². The first-order chi connectivity index (χ1) is 8.29. The van der Waals surface area contributed by atoms with E-state index >= 15 is 0 Å². The zero-order valence-corrected chi connectivity index (χ0v) is 11.2. The lowest BCUT2D eigenvalue weighted by Crippen LogP contribution is -2.29. The number of hydrogen-bond donors (Lipinski definition) is 1. The molecule has 0 saturated carbocycles. The molecule has 0 aliphatic carbocycles.